The summed E-state index contributed by atoms with van der Waals surface area (Å²) >= 11 is 0. The van der Waals surface area contributed by atoms with Crippen LogP contribution in [0.2, 0.25) is 0 Å². The number of carbonyl (C=O) groups is 2. The summed E-state index contributed by atoms with van der Waals surface area (Å²) in [5, 5.41) is 2.88. The zero-order chi connectivity index (χ0) is 22.8. The molecule has 0 unspecified atom stereocenters. The topological polar surface area (TPSA) is 67.9 Å². The monoisotopic (exact) mass is 432 g/mol. The number of amides is 2. The SMILES string of the molecule is CCOCCOc1cccc(C(=O)Nc2ccccc2C(=O)N(CC)c2ccccc2)c1. The normalized spacial score (nSPS) is 10.4. The van der Waals surface area contributed by atoms with Crippen molar-refractivity contribution < 1.29 is 19.1 Å². The van der Waals surface area contributed by atoms with Crippen molar-refractivity contribution in [3.63, 3.8) is 0 Å². The number of nitrogens with one attached hydrogen (secondary N) is 1. The predicted octanol–water partition coefficient (Wildman–Crippen LogP) is 5.02. The zero-order valence-electron chi connectivity index (χ0n) is 18.4. The van der Waals surface area contributed by atoms with Gasteiger partial charge in [-0.15, -0.1) is 0 Å². The van der Waals surface area contributed by atoms with Gasteiger partial charge in [-0.1, -0.05) is 36.4 Å². The predicted molar refractivity (Wildman–Crippen MR) is 127 cm³/mol. The number of nitrogens with zero attached hydrogens (tertiary/aromatic N) is 1. The van der Waals surface area contributed by atoms with Gasteiger partial charge >= 0.3 is 0 Å². The molecule has 0 bridgehead atoms. The third kappa shape index (κ3) is 5.95. The minimum Gasteiger partial charge on any atom is -0.491 e. The second-order valence-electron chi connectivity index (χ2n) is 6.96. The molecule has 166 valence electrons. The van der Waals surface area contributed by atoms with Crippen molar-refractivity contribution in [2.45, 2.75) is 13.8 Å². The summed E-state index contributed by atoms with van der Waals surface area (Å²) < 4.78 is 10.9. The second kappa shape index (κ2) is 11.7. The van der Waals surface area contributed by atoms with E-state index in [0.717, 1.165) is 5.69 Å². The molecule has 0 saturated heterocycles. The molecule has 0 saturated carbocycles. The summed E-state index contributed by atoms with van der Waals surface area (Å²) in [5.74, 6) is 0.0915. The van der Waals surface area contributed by atoms with Gasteiger partial charge in [0.05, 0.1) is 17.9 Å². The Kier molecular flexibility index (Phi) is 8.40. The molecule has 0 atom stereocenters. The minimum atomic E-state index is -0.316. The Morgan fingerprint density at radius 3 is 2.38 bits per heavy atom. The van der Waals surface area contributed by atoms with Crippen LogP contribution in [0, 0.1) is 0 Å². The molecule has 6 nitrogen and oxygen atoms in total. The van der Waals surface area contributed by atoms with E-state index in [1.54, 1.807) is 53.4 Å². The summed E-state index contributed by atoms with van der Waals surface area (Å²) in [6, 6.07) is 23.4. The summed E-state index contributed by atoms with van der Waals surface area (Å²) in [4.78, 5) is 27.9. The summed E-state index contributed by atoms with van der Waals surface area (Å²) in [5.41, 5.74) is 2.13. The van der Waals surface area contributed by atoms with Gasteiger partial charge in [-0.05, 0) is 56.3 Å². The fourth-order valence-electron chi connectivity index (χ4n) is 3.26. The van der Waals surface area contributed by atoms with Crippen LogP contribution in [0.15, 0.2) is 78.9 Å². The molecule has 6 heteroatoms. The molecule has 1 N–H and O–H groups in total. The van der Waals surface area contributed by atoms with E-state index in [1.165, 1.54) is 0 Å². The lowest BCUT2D eigenvalue weighted by atomic mass is 10.1. The molecule has 3 rings (SSSR count). The molecule has 0 aliphatic heterocycles. The third-order valence-electron chi connectivity index (χ3n) is 4.83. The van der Waals surface area contributed by atoms with Crippen molar-refractivity contribution in [1.29, 1.82) is 0 Å². The molecule has 0 radical (unpaired) electrons. The van der Waals surface area contributed by atoms with Gasteiger partial charge in [0.15, 0.2) is 0 Å². The first kappa shape index (κ1) is 23.0. The average Bonchev–Trinajstić information content (AvgIpc) is 2.83. The summed E-state index contributed by atoms with van der Waals surface area (Å²) in [6.07, 6.45) is 0. The van der Waals surface area contributed by atoms with E-state index in [2.05, 4.69) is 5.32 Å². The number of benzene rings is 3. The van der Waals surface area contributed by atoms with Gasteiger partial charge in [-0.3, -0.25) is 9.59 Å². The maximum absolute atomic E-state index is 13.3. The van der Waals surface area contributed by atoms with Crippen molar-refractivity contribution in [3.05, 3.63) is 90.0 Å². The average molecular weight is 433 g/mol. The minimum absolute atomic E-state index is 0.178. The molecule has 0 fully saturated rings. The van der Waals surface area contributed by atoms with Crippen molar-refractivity contribution in [1.82, 2.24) is 0 Å². The van der Waals surface area contributed by atoms with Crippen LogP contribution < -0.4 is 15.0 Å². The second-order valence-corrected chi connectivity index (χ2v) is 6.96. The lowest BCUT2D eigenvalue weighted by molar-refractivity contribution is 0.0989. The van der Waals surface area contributed by atoms with E-state index in [1.807, 2.05) is 44.2 Å². The lowest BCUT2D eigenvalue weighted by Gasteiger charge is -2.22. The van der Waals surface area contributed by atoms with Crippen molar-refractivity contribution in [3.8, 4) is 5.75 Å². The Labute approximate surface area is 188 Å². The van der Waals surface area contributed by atoms with Crippen LogP contribution in [0.25, 0.3) is 0 Å². The van der Waals surface area contributed by atoms with Gasteiger partial charge in [-0.2, -0.15) is 0 Å². The molecule has 2 amide bonds. The highest BCUT2D eigenvalue weighted by atomic mass is 16.5. The fourth-order valence-corrected chi connectivity index (χ4v) is 3.26. The van der Waals surface area contributed by atoms with Gasteiger partial charge in [0.2, 0.25) is 0 Å². The lowest BCUT2D eigenvalue weighted by Crippen LogP contribution is -2.31. The van der Waals surface area contributed by atoms with Crippen LogP contribution in [0.3, 0.4) is 0 Å². The van der Waals surface area contributed by atoms with Gasteiger partial charge in [0, 0.05) is 24.4 Å². The summed E-state index contributed by atoms with van der Waals surface area (Å²) in [6.45, 7) is 5.87. The molecule has 0 aromatic heterocycles. The molecule has 32 heavy (non-hydrogen) atoms. The van der Waals surface area contributed by atoms with Crippen LogP contribution in [0.5, 0.6) is 5.75 Å². The Hall–Kier alpha value is -3.64. The first-order valence-electron chi connectivity index (χ1n) is 10.7. The van der Waals surface area contributed by atoms with E-state index in [4.69, 9.17) is 9.47 Å². The van der Waals surface area contributed by atoms with Gasteiger partial charge in [0.25, 0.3) is 11.8 Å². The largest absolute Gasteiger partial charge is 0.491 e. The zero-order valence-corrected chi connectivity index (χ0v) is 18.4. The van der Waals surface area contributed by atoms with Gasteiger partial charge in [0.1, 0.15) is 12.4 Å². The smallest absolute Gasteiger partial charge is 0.260 e. The maximum Gasteiger partial charge on any atom is 0.260 e. The van der Waals surface area contributed by atoms with E-state index in [9.17, 15) is 9.59 Å². The van der Waals surface area contributed by atoms with E-state index in [0.29, 0.717) is 48.9 Å². The first-order valence-corrected chi connectivity index (χ1v) is 10.7. The van der Waals surface area contributed by atoms with Crippen LogP contribution in [-0.2, 0) is 4.74 Å². The molecule has 0 heterocycles. The highest BCUT2D eigenvalue weighted by molar-refractivity contribution is 6.13. The number of hydrogen-bond acceptors (Lipinski definition) is 4. The Morgan fingerprint density at radius 1 is 0.875 bits per heavy atom. The highest BCUT2D eigenvalue weighted by Crippen LogP contribution is 2.23. The molecular weight excluding hydrogens is 404 g/mol. The molecule has 3 aromatic carbocycles. The highest BCUT2D eigenvalue weighted by Gasteiger charge is 2.20. The fraction of sp³-hybridized carbons (Fsp3) is 0.231. The van der Waals surface area contributed by atoms with Crippen molar-refractivity contribution >= 4 is 23.2 Å². The van der Waals surface area contributed by atoms with E-state index >= 15 is 0 Å². The standard InChI is InChI=1S/C26H28N2O4/c1-3-28(21-12-6-5-7-13-21)26(30)23-15-8-9-16-24(23)27-25(29)20-11-10-14-22(19-20)32-18-17-31-4-2/h5-16,19H,3-4,17-18H2,1-2H3,(H,27,29). The Bertz CT molecular complexity index is 1040. The van der Waals surface area contributed by atoms with Crippen LogP contribution in [0.4, 0.5) is 11.4 Å². The number of rotatable bonds is 10. The van der Waals surface area contributed by atoms with Crippen LogP contribution in [-0.4, -0.2) is 38.2 Å². The van der Waals surface area contributed by atoms with E-state index in [-0.39, 0.29) is 11.8 Å². The third-order valence-corrected chi connectivity index (χ3v) is 4.83. The summed E-state index contributed by atoms with van der Waals surface area (Å²) in [7, 11) is 0. The number of ether oxygens (including phenoxy) is 2. The molecule has 0 aliphatic carbocycles. The van der Waals surface area contributed by atoms with Crippen molar-refractivity contribution in [2.24, 2.45) is 0 Å². The van der Waals surface area contributed by atoms with Crippen molar-refractivity contribution in [2.75, 3.05) is 36.6 Å². The molecular formula is C26H28N2O4. The molecule has 0 spiro atoms. The number of carbonyl (C=O) groups excluding carboxylic acids is 2. The van der Waals surface area contributed by atoms with Crippen LogP contribution in [0.1, 0.15) is 34.6 Å². The van der Waals surface area contributed by atoms with Crippen LogP contribution >= 0.6 is 0 Å². The first-order chi connectivity index (χ1) is 15.6. The quantitative estimate of drug-likeness (QED) is 0.457. The number of hydrogen-bond donors (Lipinski definition) is 1. The number of para-hydroxylation sites is 2. The van der Waals surface area contributed by atoms with E-state index < -0.39 is 0 Å². The van der Waals surface area contributed by atoms with Gasteiger partial charge < -0.3 is 19.7 Å². The Morgan fingerprint density at radius 2 is 1.62 bits per heavy atom. The molecule has 0 aliphatic rings. The van der Waals surface area contributed by atoms with Gasteiger partial charge in [-0.25, -0.2) is 0 Å². The molecule has 3 aromatic rings. The number of anilines is 2. The Balaban J connectivity index is 1.76. The maximum atomic E-state index is 13.3.